The van der Waals surface area contributed by atoms with Crippen LogP contribution in [-0.2, 0) is 6.42 Å². The Kier molecular flexibility index (Phi) is 4.40. The predicted octanol–water partition coefficient (Wildman–Crippen LogP) is 4.16. The van der Waals surface area contributed by atoms with Gasteiger partial charge >= 0.3 is 0 Å². The highest BCUT2D eigenvalue weighted by Gasteiger charge is 2.05. The summed E-state index contributed by atoms with van der Waals surface area (Å²) in [5, 5.41) is 0.250. The molecule has 0 aliphatic rings. The van der Waals surface area contributed by atoms with E-state index in [2.05, 4.69) is 0 Å². The van der Waals surface area contributed by atoms with Gasteiger partial charge in [0.05, 0.1) is 5.02 Å². The molecule has 0 aromatic heterocycles. The van der Waals surface area contributed by atoms with E-state index >= 15 is 0 Å². The van der Waals surface area contributed by atoms with E-state index < -0.39 is 0 Å². The lowest BCUT2D eigenvalue weighted by atomic mass is 10.1. The SMILES string of the molecule is CC(N)Cc1ccc(Oc2ccc(F)cc2Cl)cc1. The fourth-order valence-corrected chi connectivity index (χ4v) is 1.96. The summed E-state index contributed by atoms with van der Waals surface area (Å²) in [5.41, 5.74) is 6.88. The van der Waals surface area contributed by atoms with Crippen LogP contribution < -0.4 is 10.5 Å². The number of rotatable bonds is 4. The molecule has 2 nitrogen and oxygen atoms in total. The van der Waals surface area contributed by atoms with Crippen LogP contribution >= 0.6 is 11.6 Å². The van der Waals surface area contributed by atoms with Crippen LogP contribution in [0, 0.1) is 5.82 Å². The van der Waals surface area contributed by atoms with Gasteiger partial charge in [-0.3, -0.25) is 0 Å². The molecule has 0 aliphatic carbocycles. The minimum atomic E-state index is -0.385. The zero-order chi connectivity index (χ0) is 13.8. The first-order valence-corrected chi connectivity index (χ1v) is 6.40. The summed E-state index contributed by atoms with van der Waals surface area (Å²) in [6, 6.07) is 11.8. The normalized spacial score (nSPS) is 12.2. The van der Waals surface area contributed by atoms with Gasteiger partial charge in [0.2, 0.25) is 0 Å². The molecule has 0 heterocycles. The lowest BCUT2D eigenvalue weighted by Gasteiger charge is -2.09. The van der Waals surface area contributed by atoms with E-state index in [1.165, 1.54) is 18.2 Å². The fourth-order valence-electron chi connectivity index (χ4n) is 1.75. The van der Waals surface area contributed by atoms with Crippen molar-refractivity contribution in [2.75, 3.05) is 0 Å². The Labute approximate surface area is 117 Å². The van der Waals surface area contributed by atoms with Crippen LogP contribution in [0.1, 0.15) is 12.5 Å². The molecule has 4 heteroatoms. The second-order valence-electron chi connectivity index (χ2n) is 4.50. The highest BCUT2D eigenvalue weighted by Crippen LogP contribution is 2.29. The number of hydrogen-bond donors (Lipinski definition) is 1. The summed E-state index contributed by atoms with van der Waals surface area (Å²) in [6.07, 6.45) is 0.817. The Morgan fingerprint density at radius 2 is 1.89 bits per heavy atom. The minimum Gasteiger partial charge on any atom is -0.456 e. The molecule has 0 fully saturated rings. The molecular weight excluding hydrogens is 265 g/mol. The minimum absolute atomic E-state index is 0.123. The van der Waals surface area contributed by atoms with Crippen LogP contribution in [0.25, 0.3) is 0 Å². The van der Waals surface area contributed by atoms with Gasteiger partial charge in [-0.2, -0.15) is 0 Å². The van der Waals surface area contributed by atoms with Crippen LogP contribution in [0.5, 0.6) is 11.5 Å². The topological polar surface area (TPSA) is 35.2 Å². The van der Waals surface area contributed by atoms with Gasteiger partial charge in [-0.15, -0.1) is 0 Å². The Bertz CT molecular complexity index is 555. The first-order valence-electron chi connectivity index (χ1n) is 6.02. The molecule has 0 aliphatic heterocycles. The average molecular weight is 280 g/mol. The lowest BCUT2D eigenvalue weighted by Crippen LogP contribution is -2.17. The number of ether oxygens (including phenoxy) is 1. The zero-order valence-electron chi connectivity index (χ0n) is 10.6. The third-order valence-corrected chi connectivity index (χ3v) is 2.90. The van der Waals surface area contributed by atoms with Crippen molar-refractivity contribution >= 4 is 11.6 Å². The van der Waals surface area contributed by atoms with Crippen LogP contribution in [0.4, 0.5) is 4.39 Å². The number of benzene rings is 2. The maximum Gasteiger partial charge on any atom is 0.146 e. The Balaban J connectivity index is 2.10. The quantitative estimate of drug-likeness (QED) is 0.912. The second-order valence-corrected chi connectivity index (χ2v) is 4.91. The van der Waals surface area contributed by atoms with E-state index in [-0.39, 0.29) is 16.9 Å². The highest BCUT2D eigenvalue weighted by atomic mass is 35.5. The molecule has 2 N–H and O–H groups in total. The van der Waals surface area contributed by atoms with Gasteiger partial charge in [0, 0.05) is 6.04 Å². The Morgan fingerprint density at radius 1 is 1.21 bits per heavy atom. The third-order valence-electron chi connectivity index (χ3n) is 2.60. The van der Waals surface area contributed by atoms with Crippen LogP contribution in [0.3, 0.4) is 0 Å². The first kappa shape index (κ1) is 13.8. The molecule has 2 aromatic rings. The van der Waals surface area contributed by atoms with E-state index in [0.29, 0.717) is 11.5 Å². The summed E-state index contributed by atoms with van der Waals surface area (Å²) in [4.78, 5) is 0. The smallest absolute Gasteiger partial charge is 0.146 e. The van der Waals surface area contributed by atoms with Gasteiger partial charge in [-0.1, -0.05) is 23.7 Å². The molecule has 0 bridgehead atoms. The fraction of sp³-hybridized carbons (Fsp3) is 0.200. The molecule has 1 atom stereocenters. The van der Waals surface area contributed by atoms with Gasteiger partial charge < -0.3 is 10.5 Å². The number of halogens is 2. The number of hydrogen-bond acceptors (Lipinski definition) is 2. The molecule has 0 radical (unpaired) electrons. The molecule has 2 rings (SSSR count). The molecule has 0 spiro atoms. The average Bonchev–Trinajstić information content (AvgIpc) is 2.34. The first-order chi connectivity index (χ1) is 9.04. The van der Waals surface area contributed by atoms with Gasteiger partial charge in [0.15, 0.2) is 0 Å². The van der Waals surface area contributed by atoms with Gasteiger partial charge in [0.1, 0.15) is 17.3 Å². The van der Waals surface area contributed by atoms with Crippen molar-refractivity contribution in [1.29, 1.82) is 0 Å². The van der Waals surface area contributed by atoms with Crippen molar-refractivity contribution < 1.29 is 9.13 Å². The van der Waals surface area contributed by atoms with E-state index in [9.17, 15) is 4.39 Å². The standard InChI is InChI=1S/C15H15ClFNO/c1-10(18)8-11-2-5-13(6-3-11)19-15-7-4-12(17)9-14(15)16/h2-7,9-10H,8,18H2,1H3. The maximum atomic E-state index is 12.9. The van der Waals surface area contributed by atoms with Crippen LogP contribution in [-0.4, -0.2) is 6.04 Å². The van der Waals surface area contributed by atoms with Gasteiger partial charge in [-0.05, 0) is 49.2 Å². The molecule has 2 aromatic carbocycles. The van der Waals surface area contributed by atoms with Crippen LogP contribution in [0.2, 0.25) is 5.02 Å². The number of nitrogens with two attached hydrogens (primary N) is 1. The maximum absolute atomic E-state index is 12.9. The summed E-state index contributed by atoms with van der Waals surface area (Å²) in [7, 11) is 0. The third kappa shape index (κ3) is 3.94. The Morgan fingerprint density at radius 3 is 2.47 bits per heavy atom. The molecule has 1 unspecified atom stereocenters. The van der Waals surface area contributed by atoms with Crippen molar-refractivity contribution in [3.05, 3.63) is 58.9 Å². The summed E-state index contributed by atoms with van der Waals surface area (Å²) in [5.74, 6) is 0.703. The van der Waals surface area contributed by atoms with Crippen molar-refractivity contribution in [2.24, 2.45) is 5.73 Å². The highest BCUT2D eigenvalue weighted by molar-refractivity contribution is 6.32. The van der Waals surface area contributed by atoms with Crippen molar-refractivity contribution in [2.45, 2.75) is 19.4 Å². The second kappa shape index (κ2) is 6.04. The lowest BCUT2D eigenvalue weighted by molar-refractivity contribution is 0.480. The molecule has 0 saturated carbocycles. The molecule has 100 valence electrons. The van der Waals surface area contributed by atoms with Crippen LogP contribution in [0.15, 0.2) is 42.5 Å². The monoisotopic (exact) mass is 279 g/mol. The van der Waals surface area contributed by atoms with E-state index in [1.54, 1.807) is 0 Å². The van der Waals surface area contributed by atoms with E-state index in [0.717, 1.165) is 12.0 Å². The summed E-state index contributed by atoms with van der Waals surface area (Å²) < 4.78 is 18.5. The van der Waals surface area contributed by atoms with Crippen molar-refractivity contribution in [3.8, 4) is 11.5 Å². The zero-order valence-corrected chi connectivity index (χ0v) is 11.3. The van der Waals surface area contributed by atoms with Crippen molar-refractivity contribution in [3.63, 3.8) is 0 Å². The Hall–Kier alpha value is -1.58. The largest absolute Gasteiger partial charge is 0.456 e. The molecule has 0 saturated heterocycles. The molecular formula is C15H15ClFNO. The molecule has 0 amide bonds. The van der Waals surface area contributed by atoms with E-state index in [1.807, 2.05) is 31.2 Å². The van der Waals surface area contributed by atoms with Crippen molar-refractivity contribution in [1.82, 2.24) is 0 Å². The van der Waals surface area contributed by atoms with Gasteiger partial charge in [0.25, 0.3) is 0 Å². The molecule has 19 heavy (non-hydrogen) atoms. The predicted molar refractivity (Wildman–Crippen MR) is 75.3 cm³/mol. The van der Waals surface area contributed by atoms with Gasteiger partial charge in [-0.25, -0.2) is 4.39 Å². The van der Waals surface area contributed by atoms with E-state index in [4.69, 9.17) is 22.1 Å². The summed E-state index contributed by atoms with van der Waals surface area (Å²) in [6.45, 7) is 1.96. The summed E-state index contributed by atoms with van der Waals surface area (Å²) >= 11 is 5.90.